The number of ether oxygens (including phenoxy) is 1. The maximum Gasteiger partial charge on any atom is 0.275 e. The standard InChI is InChI=1S/C12H14N4O3/c1-7-12(8(2)15(3)14-7)19-11-5-9(13)4-10(6-11)16(17)18/h4-6H,13H2,1-3H3. The van der Waals surface area contributed by atoms with Crippen molar-refractivity contribution < 1.29 is 9.66 Å². The number of nitrogen functional groups attached to an aromatic ring is 1. The maximum atomic E-state index is 10.8. The number of benzene rings is 1. The normalized spacial score (nSPS) is 10.5. The van der Waals surface area contributed by atoms with Crippen LogP contribution in [0.1, 0.15) is 11.4 Å². The molecule has 19 heavy (non-hydrogen) atoms. The molecule has 100 valence electrons. The molecule has 0 aliphatic rings. The molecule has 2 rings (SSSR count). The predicted octanol–water partition coefficient (Wildman–Crippen LogP) is 2.32. The summed E-state index contributed by atoms with van der Waals surface area (Å²) in [7, 11) is 1.80. The van der Waals surface area contributed by atoms with E-state index in [1.807, 2.05) is 13.8 Å². The van der Waals surface area contributed by atoms with Crippen LogP contribution in [0.2, 0.25) is 0 Å². The summed E-state index contributed by atoms with van der Waals surface area (Å²) in [4.78, 5) is 10.3. The molecule has 0 aliphatic carbocycles. The number of anilines is 1. The Bertz CT molecular complexity index is 649. The Morgan fingerprint density at radius 3 is 2.58 bits per heavy atom. The number of aryl methyl sites for hydroxylation is 2. The van der Waals surface area contributed by atoms with Gasteiger partial charge in [-0.2, -0.15) is 5.10 Å². The first-order valence-electron chi connectivity index (χ1n) is 5.61. The smallest absolute Gasteiger partial charge is 0.275 e. The molecule has 7 nitrogen and oxygen atoms in total. The summed E-state index contributed by atoms with van der Waals surface area (Å²) in [5, 5.41) is 15.0. The third-order valence-electron chi connectivity index (χ3n) is 2.79. The van der Waals surface area contributed by atoms with E-state index in [4.69, 9.17) is 10.5 Å². The summed E-state index contributed by atoms with van der Waals surface area (Å²) in [6, 6.07) is 4.16. The Hall–Kier alpha value is -2.57. The van der Waals surface area contributed by atoms with Crippen LogP contribution in [0.3, 0.4) is 0 Å². The minimum absolute atomic E-state index is 0.103. The number of non-ortho nitro benzene ring substituents is 1. The van der Waals surface area contributed by atoms with Gasteiger partial charge in [0.1, 0.15) is 11.4 Å². The minimum Gasteiger partial charge on any atom is -0.453 e. The molecule has 0 aliphatic heterocycles. The van der Waals surface area contributed by atoms with Gasteiger partial charge in [-0.1, -0.05) is 0 Å². The first kappa shape index (κ1) is 12.9. The summed E-state index contributed by atoms with van der Waals surface area (Å²) < 4.78 is 7.35. The number of nitrogens with two attached hydrogens (primary N) is 1. The lowest BCUT2D eigenvalue weighted by molar-refractivity contribution is -0.384. The van der Waals surface area contributed by atoms with Crippen LogP contribution in [0.15, 0.2) is 18.2 Å². The summed E-state index contributed by atoms with van der Waals surface area (Å²) in [5.74, 6) is 0.910. The molecule has 1 heterocycles. The SMILES string of the molecule is Cc1nn(C)c(C)c1Oc1cc(N)cc([N+](=O)[O-])c1. The van der Waals surface area contributed by atoms with Crippen molar-refractivity contribution in [2.75, 3.05) is 5.73 Å². The fraction of sp³-hybridized carbons (Fsp3) is 0.250. The zero-order valence-electron chi connectivity index (χ0n) is 10.9. The Morgan fingerprint density at radius 2 is 2.05 bits per heavy atom. The summed E-state index contributed by atoms with van der Waals surface area (Å²) in [5.41, 5.74) is 7.35. The lowest BCUT2D eigenvalue weighted by Gasteiger charge is -2.06. The molecular weight excluding hydrogens is 248 g/mol. The number of nitrogens with zero attached hydrogens (tertiary/aromatic N) is 3. The number of hydrogen-bond acceptors (Lipinski definition) is 5. The zero-order chi connectivity index (χ0) is 14.2. The molecule has 0 atom stereocenters. The number of aromatic nitrogens is 2. The number of rotatable bonds is 3. The third-order valence-corrected chi connectivity index (χ3v) is 2.79. The maximum absolute atomic E-state index is 10.8. The van der Waals surface area contributed by atoms with Crippen molar-refractivity contribution in [3.8, 4) is 11.5 Å². The van der Waals surface area contributed by atoms with E-state index in [1.165, 1.54) is 12.1 Å². The molecule has 0 bridgehead atoms. The quantitative estimate of drug-likeness (QED) is 0.520. The molecular formula is C12H14N4O3. The molecule has 0 unspecified atom stereocenters. The first-order chi connectivity index (χ1) is 8.88. The van der Waals surface area contributed by atoms with Crippen molar-refractivity contribution in [2.24, 2.45) is 7.05 Å². The van der Waals surface area contributed by atoms with Gasteiger partial charge >= 0.3 is 0 Å². The molecule has 2 N–H and O–H groups in total. The second-order valence-electron chi connectivity index (χ2n) is 4.24. The highest BCUT2D eigenvalue weighted by Crippen LogP contribution is 2.31. The summed E-state index contributed by atoms with van der Waals surface area (Å²) in [6.07, 6.45) is 0. The topological polar surface area (TPSA) is 96.2 Å². The fourth-order valence-corrected chi connectivity index (χ4v) is 1.79. The van der Waals surface area contributed by atoms with Crippen LogP contribution >= 0.6 is 0 Å². The molecule has 0 spiro atoms. The molecule has 0 radical (unpaired) electrons. The van der Waals surface area contributed by atoms with Gasteiger partial charge in [0, 0.05) is 24.9 Å². The van der Waals surface area contributed by atoms with Gasteiger partial charge in [-0.15, -0.1) is 0 Å². The average Bonchev–Trinajstić information content (AvgIpc) is 2.55. The van der Waals surface area contributed by atoms with Crippen LogP contribution in [0.5, 0.6) is 11.5 Å². The van der Waals surface area contributed by atoms with Crippen molar-refractivity contribution >= 4 is 11.4 Å². The first-order valence-corrected chi connectivity index (χ1v) is 5.61. The zero-order valence-corrected chi connectivity index (χ0v) is 10.9. The van der Waals surface area contributed by atoms with E-state index in [2.05, 4.69) is 5.10 Å². The number of nitro benzene ring substituents is 1. The Kier molecular flexibility index (Phi) is 3.12. The van der Waals surface area contributed by atoms with Crippen LogP contribution in [0.4, 0.5) is 11.4 Å². The van der Waals surface area contributed by atoms with E-state index >= 15 is 0 Å². The van der Waals surface area contributed by atoms with Crippen molar-refractivity contribution in [1.29, 1.82) is 0 Å². The lowest BCUT2D eigenvalue weighted by Crippen LogP contribution is -1.95. The third kappa shape index (κ3) is 2.49. The van der Waals surface area contributed by atoms with Crippen LogP contribution in [-0.2, 0) is 7.05 Å². The molecule has 1 aromatic heterocycles. The van der Waals surface area contributed by atoms with Crippen LogP contribution < -0.4 is 10.5 Å². The van der Waals surface area contributed by atoms with E-state index in [9.17, 15) is 10.1 Å². The van der Waals surface area contributed by atoms with Crippen LogP contribution in [0, 0.1) is 24.0 Å². The highest BCUT2D eigenvalue weighted by molar-refractivity contribution is 5.54. The van der Waals surface area contributed by atoms with Gasteiger partial charge in [0.2, 0.25) is 0 Å². The van der Waals surface area contributed by atoms with Crippen LogP contribution in [-0.4, -0.2) is 14.7 Å². The molecule has 0 amide bonds. The van der Waals surface area contributed by atoms with E-state index in [0.29, 0.717) is 17.2 Å². The van der Waals surface area contributed by atoms with E-state index in [-0.39, 0.29) is 11.4 Å². The molecule has 2 aromatic rings. The van der Waals surface area contributed by atoms with Gasteiger partial charge in [-0.3, -0.25) is 14.8 Å². The molecule has 0 saturated heterocycles. The van der Waals surface area contributed by atoms with Gasteiger partial charge in [0.25, 0.3) is 5.69 Å². The van der Waals surface area contributed by atoms with Crippen LogP contribution in [0.25, 0.3) is 0 Å². The lowest BCUT2D eigenvalue weighted by atomic mass is 10.2. The van der Waals surface area contributed by atoms with Crippen molar-refractivity contribution in [2.45, 2.75) is 13.8 Å². The average molecular weight is 262 g/mol. The van der Waals surface area contributed by atoms with Gasteiger partial charge in [-0.25, -0.2) is 0 Å². The number of hydrogen-bond donors (Lipinski definition) is 1. The van der Waals surface area contributed by atoms with Gasteiger partial charge < -0.3 is 10.5 Å². The van der Waals surface area contributed by atoms with Gasteiger partial charge in [0.05, 0.1) is 16.7 Å². The van der Waals surface area contributed by atoms with Gasteiger partial charge in [0.15, 0.2) is 5.75 Å². The fourth-order valence-electron chi connectivity index (χ4n) is 1.79. The monoisotopic (exact) mass is 262 g/mol. The number of nitro groups is 1. The second-order valence-corrected chi connectivity index (χ2v) is 4.24. The highest BCUT2D eigenvalue weighted by Gasteiger charge is 2.14. The van der Waals surface area contributed by atoms with Crippen molar-refractivity contribution in [1.82, 2.24) is 9.78 Å². The largest absolute Gasteiger partial charge is 0.453 e. The van der Waals surface area contributed by atoms with Crippen molar-refractivity contribution in [3.05, 3.63) is 39.7 Å². The Labute approximate surface area is 109 Å². The second kappa shape index (κ2) is 4.60. The molecule has 0 fully saturated rings. The molecule has 7 heteroatoms. The molecule has 1 aromatic carbocycles. The van der Waals surface area contributed by atoms with Gasteiger partial charge in [-0.05, 0) is 13.8 Å². The highest BCUT2D eigenvalue weighted by atomic mass is 16.6. The van der Waals surface area contributed by atoms with E-state index < -0.39 is 4.92 Å². The predicted molar refractivity (Wildman–Crippen MR) is 70.3 cm³/mol. The Morgan fingerprint density at radius 1 is 1.37 bits per heavy atom. The Balaban J connectivity index is 2.41. The molecule has 0 saturated carbocycles. The van der Waals surface area contributed by atoms with E-state index in [1.54, 1.807) is 17.8 Å². The van der Waals surface area contributed by atoms with E-state index in [0.717, 1.165) is 5.69 Å². The summed E-state index contributed by atoms with van der Waals surface area (Å²) >= 11 is 0. The minimum atomic E-state index is -0.508. The van der Waals surface area contributed by atoms with Crippen molar-refractivity contribution in [3.63, 3.8) is 0 Å². The summed E-state index contributed by atoms with van der Waals surface area (Å²) in [6.45, 7) is 3.67.